The van der Waals surface area contributed by atoms with Crippen LogP contribution in [0.1, 0.15) is 68.9 Å². The number of aliphatic carboxylic acids is 1. The van der Waals surface area contributed by atoms with E-state index in [0.717, 1.165) is 32.2 Å². The molecule has 0 fully saturated rings. The fourth-order valence-corrected chi connectivity index (χ4v) is 4.64. The zero-order valence-corrected chi connectivity index (χ0v) is 20.9. The zero-order valence-electron chi connectivity index (χ0n) is 20.9. The Labute approximate surface area is 200 Å². The van der Waals surface area contributed by atoms with Crippen molar-refractivity contribution in [1.29, 1.82) is 0 Å². The lowest BCUT2D eigenvalue weighted by atomic mass is 9.94. The number of fused-ring (bicyclic) bond motifs is 2. The first kappa shape index (κ1) is 24.9. The Hall–Kier alpha value is -2.69. The van der Waals surface area contributed by atoms with Crippen LogP contribution in [0.2, 0.25) is 0 Å². The molecule has 0 spiro atoms. The van der Waals surface area contributed by atoms with E-state index in [4.69, 9.17) is 5.11 Å². The molecule has 5 heteroatoms. The number of carboxylic acid groups (broad SMARTS) is 1. The van der Waals surface area contributed by atoms with Gasteiger partial charge in [0.05, 0.1) is 0 Å². The Morgan fingerprint density at radius 1 is 0.758 bits per heavy atom. The van der Waals surface area contributed by atoms with Crippen molar-refractivity contribution in [3.05, 3.63) is 47.5 Å². The van der Waals surface area contributed by atoms with E-state index in [-0.39, 0.29) is 0 Å². The van der Waals surface area contributed by atoms with Gasteiger partial charge in [-0.2, -0.15) is 0 Å². The van der Waals surface area contributed by atoms with Crippen LogP contribution in [0.4, 0.5) is 22.7 Å². The molecule has 2 aromatic carbocycles. The molecule has 0 saturated carbocycles. The van der Waals surface area contributed by atoms with Crippen LogP contribution in [0.5, 0.6) is 0 Å². The molecule has 33 heavy (non-hydrogen) atoms. The Balaban J connectivity index is 1.61. The molecule has 0 amide bonds. The van der Waals surface area contributed by atoms with Gasteiger partial charge < -0.3 is 19.8 Å². The molecule has 0 bridgehead atoms. The minimum Gasteiger partial charge on any atom is -0.481 e. The molecule has 1 N–H and O–H groups in total. The number of benzene rings is 2. The third-order valence-electron chi connectivity index (χ3n) is 6.66. The van der Waals surface area contributed by atoms with Gasteiger partial charge in [0.15, 0.2) is 0 Å². The van der Waals surface area contributed by atoms with E-state index in [9.17, 15) is 4.79 Å². The summed E-state index contributed by atoms with van der Waals surface area (Å²) < 4.78 is 0. The molecule has 1 heterocycles. The summed E-state index contributed by atoms with van der Waals surface area (Å²) in [6.45, 7) is 1.03. The maximum atomic E-state index is 10.6. The second-order valence-electron chi connectivity index (χ2n) is 9.72. The van der Waals surface area contributed by atoms with Crippen LogP contribution >= 0.6 is 0 Å². The molecule has 0 aliphatic carbocycles. The van der Waals surface area contributed by atoms with Crippen molar-refractivity contribution in [1.82, 2.24) is 0 Å². The molecule has 1 aliphatic heterocycles. The lowest BCUT2D eigenvalue weighted by Crippen LogP contribution is -2.25. The van der Waals surface area contributed by atoms with Gasteiger partial charge in [-0.15, -0.1) is 0 Å². The number of anilines is 4. The fraction of sp³-hybridized carbons (Fsp3) is 0.536. The highest BCUT2D eigenvalue weighted by atomic mass is 16.4. The second kappa shape index (κ2) is 12.0. The summed E-state index contributed by atoms with van der Waals surface area (Å²) in [7, 11) is 8.42. The molecule has 1 aliphatic rings. The lowest BCUT2D eigenvalue weighted by molar-refractivity contribution is -0.137. The van der Waals surface area contributed by atoms with Crippen LogP contribution in [-0.2, 0) is 11.2 Å². The number of carbonyl (C=O) groups is 1. The first-order chi connectivity index (χ1) is 15.9. The van der Waals surface area contributed by atoms with Gasteiger partial charge in [0, 0.05) is 70.3 Å². The topological polar surface area (TPSA) is 47.0 Å². The zero-order chi connectivity index (χ0) is 23.8. The lowest BCUT2D eigenvalue weighted by Gasteiger charge is -2.35. The van der Waals surface area contributed by atoms with Crippen LogP contribution < -0.4 is 14.7 Å². The highest BCUT2D eigenvalue weighted by Crippen LogP contribution is 2.42. The summed E-state index contributed by atoms with van der Waals surface area (Å²) in [5.74, 6) is -0.675. The second-order valence-corrected chi connectivity index (χ2v) is 9.72. The van der Waals surface area contributed by atoms with E-state index < -0.39 is 5.97 Å². The van der Waals surface area contributed by atoms with Crippen LogP contribution in [0, 0.1) is 0 Å². The highest BCUT2D eigenvalue weighted by molar-refractivity contribution is 5.79. The molecule has 0 unspecified atom stereocenters. The van der Waals surface area contributed by atoms with E-state index in [0.29, 0.717) is 6.42 Å². The molecular formula is C28H41N3O2. The van der Waals surface area contributed by atoms with Crippen LogP contribution in [0.25, 0.3) is 0 Å². The van der Waals surface area contributed by atoms with Crippen molar-refractivity contribution >= 4 is 28.7 Å². The van der Waals surface area contributed by atoms with Gasteiger partial charge in [-0.3, -0.25) is 4.79 Å². The highest BCUT2D eigenvalue weighted by Gasteiger charge is 2.23. The van der Waals surface area contributed by atoms with Crippen LogP contribution in [-0.4, -0.2) is 45.8 Å². The molecule has 180 valence electrons. The first-order valence-corrected chi connectivity index (χ1v) is 12.5. The van der Waals surface area contributed by atoms with Crippen molar-refractivity contribution in [2.75, 3.05) is 49.4 Å². The summed E-state index contributed by atoms with van der Waals surface area (Å²) in [6, 6.07) is 13.7. The standard InChI is InChI=1S/C28H41N3O2/c1-29(2)24-16-14-22-19-23-15-17-25(30(3)4)21-27(23)31(26(22)20-24)18-12-10-8-6-5-7-9-11-13-28(32)33/h14-17,20-21H,5-13,18-19H2,1-4H3,(H,32,33). The van der Waals surface area contributed by atoms with Crippen LogP contribution in [0.3, 0.4) is 0 Å². The van der Waals surface area contributed by atoms with Crippen molar-refractivity contribution in [2.45, 2.75) is 64.2 Å². The minimum atomic E-state index is -0.675. The summed E-state index contributed by atoms with van der Waals surface area (Å²) >= 11 is 0. The molecule has 0 atom stereocenters. The fourth-order valence-electron chi connectivity index (χ4n) is 4.64. The van der Waals surface area contributed by atoms with Crippen LogP contribution in [0.15, 0.2) is 36.4 Å². The third kappa shape index (κ3) is 6.89. The number of rotatable bonds is 13. The van der Waals surface area contributed by atoms with Crippen molar-refractivity contribution in [3.63, 3.8) is 0 Å². The van der Waals surface area contributed by atoms with Gasteiger partial charge in [-0.1, -0.05) is 50.7 Å². The van der Waals surface area contributed by atoms with Gasteiger partial charge in [0.2, 0.25) is 0 Å². The average molecular weight is 452 g/mol. The predicted molar refractivity (Wildman–Crippen MR) is 141 cm³/mol. The SMILES string of the molecule is CN(C)c1ccc2c(c1)N(CCCCCCCCCCC(=O)O)c1cc(N(C)C)ccc1C2. The largest absolute Gasteiger partial charge is 0.481 e. The molecule has 0 saturated heterocycles. The molecule has 0 radical (unpaired) electrons. The van der Waals surface area contributed by atoms with Gasteiger partial charge in [-0.05, 0) is 48.2 Å². The van der Waals surface area contributed by atoms with Gasteiger partial charge in [-0.25, -0.2) is 0 Å². The minimum absolute atomic E-state index is 0.309. The smallest absolute Gasteiger partial charge is 0.303 e. The Morgan fingerprint density at radius 2 is 1.21 bits per heavy atom. The summed E-state index contributed by atoms with van der Waals surface area (Å²) in [5.41, 5.74) is 8.01. The third-order valence-corrected chi connectivity index (χ3v) is 6.66. The van der Waals surface area contributed by atoms with Crippen molar-refractivity contribution < 1.29 is 9.90 Å². The summed E-state index contributed by atoms with van der Waals surface area (Å²) in [4.78, 5) is 17.5. The Bertz CT molecular complexity index is 866. The van der Waals surface area contributed by atoms with Gasteiger partial charge >= 0.3 is 5.97 Å². The number of hydrogen-bond acceptors (Lipinski definition) is 4. The maximum absolute atomic E-state index is 10.6. The Kier molecular flexibility index (Phi) is 9.04. The molecular weight excluding hydrogens is 410 g/mol. The number of nitrogens with zero attached hydrogens (tertiary/aromatic N) is 3. The normalized spacial score (nSPS) is 12.3. The van der Waals surface area contributed by atoms with Crippen molar-refractivity contribution in [3.8, 4) is 0 Å². The number of hydrogen-bond donors (Lipinski definition) is 1. The van der Waals surface area contributed by atoms with E-state index in [1.807, 2.05) is 0 Å². The molecule has 3 rings (SSSR count). The summed E-state index contributed by atoms with van der Waals surface area (Å²) in [5, 5.41) is 8.72. The predicted octanol–water partition coefficient (Wildman–Crippen LogP) is 6.46. The van der Waals surface area contributed by atoms with Gasteiger partial charge in [0.25, 0.3) is 0 Å². The number of carboxylic acids is 1. The van der Waals surface area contributed by atoms with E-state index in [1.54, 1.807) is 0 Å². The van der Waals surface area contributed by atoms with E-state index >= 15 is 0 Å². The molecule has 5 nitrogen and oxygen atoms in total. The average Bonchev–Trinajstić information content (AvgIpc) is 2.78. The Morgan fingerprint density at radius 3 is 1.67 bits per heavy atom. The monoisotopic (exact) mass is 451 g/mol. The van der Waals surface area contributed by atoms with Gasteiger partial charge in [0.1, 0.15) is 0 Å². The van der Waals surface area contributed by atoms with Crippen molar-refractivity contribution in [2.24, 2.45) is 0 Å². The molecule has 2 aromatic rings. The maximum Gasteiger partial charge on any atom is 0.303 e. The molecule has 0 aromatic heterocycles. The quantitative estimate of drug-likeness (QED) is 0.354. The summed E-state index contributed by atoms with van der Waals surface area (Å²) in [6.07, 6.45) is 10.4. The van der Waals surface area contributed by atoms with E-state index in [2.05, 4.69) is 79.3 Å². The number of unbranched alkanes of at least 4 members (excludes halogenated alkanes) is 7. The van der Waals surface area contributed by atoms with E-state index in [1.165, 1.54) is 66.0 Å². The first-order valence-electron chi connectivity index (χ1n) is 12.5.